The van der Waals surface area contributed by atoms with Crippen molar-refractivity contribution in [1.82, 2.24) is 10.2 Å². The highest BCUT2D eigenvalue weighted by atomic mass is 19.1. The molecule has 1 fully saturated rings. The first-order valence-electron chi connectivity index (χ1n) is 8.35. The maximum atomic E-state index is 13.0. The lowest BCUT2D eigenvalue weighted by Gasteiger charge is -2.33. The van der Waals surface area contributed by atoms with Gasteiger partial charge in [0.05, 0.1) is 0 Å². The zero-order valence-electron chi connectivity index (χ0n) is 14.3. The summed E-state index contributed by atoms with van der Waals surface area (Å²) in [4.78, 5) is 26.6. The van der Waals surface area contributed by atoms with Gasteiger partial charge in [0.15, 0.2) is 5.78 Å². The highest BCUT2D eigenvalue weighted by molar-refractivity contribution is 5.98. The van der Waals surface area contributed by atoms with Crippen molar-refractivity contribution in [2.24, 2.45) is 5.92 Å². The third kappa shape index (κ3) is 5.03. The molecular weight excluding hydrogens is 311 g/mol. The molecule has 1 aromatic rings. The third-order valence-corrected chi connectivity index (χ3v) is 4.33. The molecule has 0 unspecified atom stereocenters. The van der Waals surface area contributed by atoms with E-state index in [0.717, 1.165) is 19.3 Å². The van der Waals surface area contributed by atoms with Crippen molar-refractivity contribution in [1.29, 1.82) is 0 Å². The van der Waals surface area contributed by atoms with Gasteiger partial charge in [-0.2, -0.15) is 0 Å². The number of halogens is 1. The molecule has 1 heterocycles. The number of urea groups is 1. The molecule has 0 radical (unpaired) electrons. The molecule has 0 bridgehead atoms. The van der Waals surface area contributed by atoms with Crippen molar-refractivity contribution in [3.05, 3.63) is 35.6 Å². The molecule has 6 heteroatoms. The number of hydrogen-bond donors (Lipinski definition) is 1. The summed E-state index contributed by atoms with van der Waals surface area (Å²) in [5.41, 5.74) is 0.497. The summed E-state index contributed by atoms with van der Waals surface area (Å²) in [6, 6.07) is 5.46. The number of carbonyl (C=O) groups is 2. The van der Waals surface area contributed by atoms with Crippen LogP contribution in [-0.4, -0.2) is 49.6 Å². The first kappa shape index (κ1) is 18.4. The van der Waals surface area contributed by atoms with E-state index in [1.807, 2.05) is 6.92 Å². The van der Waals surface area contributed by atoms with Crippen LogP contribution in [0.5, 0.6) is 0 Å². The Balaban J connectivity index is 1.92. The molecule has 1 aromatic carbocycles. The predicted molar refractivity (Wildman–Crippen MR) is 89.5 cm³/mol. The summed E-state index contributed by atoms with van der Waals surface area (Å²) in [6.07, 6.45) is 2.28. The number of benzene rings is 1. The fraction of sp³-hybridized carbons (Fsp3) is 0.556. The largest absolute Gasteiger partial charge is 0.385 e. The Labute approximate surface area is 142 Å². The number of rotatable bonds is 6. The Morgan fingerprint density at radius 2 is 2.08 bits per heavy atom. The third-order valence-electron chi connectivity index (χ3n) is 4.33. The normalized spacial score (nSPS) is 19.0. The molecule has 2 amide bonds. The highest BCUT2D eigenvalue weighted by Gasteiger charge is 2.29. The Morgan fingerprint density at radius 1 is 1.38 bits per heavy atom. The molecule has 132 valence electrons. The van der Waals surface area contributed by atoms with Gasteiger partial charge < -0.3 is 15.0 Å². The summed E-state index contributed by atoms with van der Waals surface area (Å²) < 4.78 is 18.0. The van der Waals surface area contributed by atoms with Gasteiger partial charge in [-0.05, 0) is 50.5 Å². The average Bonchev–Trinajstić information content (AvgIpc) is 2.60. The molecular formula is C18H25FN2O3. The van der Waals surface area contributed by atoms with Crippen LogP contribution < -0.4 is 5.32 Å². The van der Waals surface area contributed by atoms with Crippen LogP contribution in [0.1, 0.15) is 36.5 Å². The van der Waals surface area contributed by atoms with Gasteiger partial charge in [-0.25, -0.2) is 9.18 Å². The van der Waals surface area contributed by atoms with Gasteiger partial charge in [0, 0.05) is 44.3 Å². The van der Waals surface area contributed by atoms with Gasteiger partial charge in [-0.15, -0.1) is 0 Å². The van der Waals surface area contributed by atoms with Gasteiger partial charge in [0.2, 0.25) is 0 Å². The van der Waals surface area contributed by atoms with Gasteiger partial charge in [-0.1, -0.05) is 0 Å². The lowest BCUT2D eigenvalue weighted by Crippen LogP contribution is -2.49. The molecule has 2 atom stereocenters. The Kier molecular flexibility index (Phi) is 6.73. The fourth-order valence-corrected chi connectivity index (χ4v) is 2.89. The molecule has 5 nitrogen and oxygen atoms in total. The van der Waals surface area contributed by atoms with Crippen LogP contribution in [0.15, 0.2) is 24.3 Å². The van der Waals surface area contributed by atoms with Crippen molar-refractivity contribution in [2.45, 2.75) is 32.2 Å². The van der Waals surface area contributed by atoms with E-state index in [1.165, 1.54) is 24.3 Å². The van der Waals surface area contributed by atoms with Crippen LogP contribution in [0.3, 0.4) is 0 Å². The van der Waals surface area contributed by atoms with E-state index >= 15 is 0 Å². The number of amides is 2. The second-order valence-corrected chi connectivity index (χ2v) is 6.29. The second-order valence-electron chi connectivity index (χ2n) is 6.29. The summed E-state index contributed by atoms with van der Waals surface area (Å²) in [5, 5.41) is 2.94. The monoisotopic (exact) mass is 336 g/mol. The topological polar surface area (TPSA) is 58.6 Å². The molecule has 1 aliphatic rings. The predicted octanol–water partition coefficient (Wildman–Crippen LogP) is 2.86. The minimum absolute atomic E-state index is 0.0191. The van der Waals surface area contributed by atoms with Crippen LogP contribution in [-0.2, 0) is 4.74 Å². The molecule has 0 aromatic heterocycles. The summed E-state index contributed by atoms with van der Waals surface area (Å²) in [6.45, 7) is 3.57. The summed E-state index contributed by atoms with van der Waals surface area (Å²) in [5.74, 6) is -0.620. The van der Waals surface area contributed by atoms with E-state index < -0.39 is 0 Å². The van der Waals surface area contributed by atoms with E-state index in [2.05, 4.69) is 5.32 Å². The Hall–Kier alpha value is -1.95. The molecule has 1 aliphatic heterocycles. The molecule has 2 rings (SSSR count). The smallest absolute Gasteiger partial charge is 0.317 e. The Bertz CT molecular complexity index is 562. The molecule has 1 saturated heterocycles. The number of nitrogens with one attached hydrogen (secondary N) is 1. The highest BCUT2D eigenvalue weighted by Crippen LogP contribution is 2.21. The van der Waals surface area contributed by atoms with Gasteiger partial charge in [0.1, 0.15) is 5.82 Å². The second kappa shape index (κ2) is 8.78. The lowest BCUT2D eigenvalue weighted by atomic mass is 9.90. The van der Waals surface area contributed by atoms with Crippen LogP contribution >= 0.6 is 0 Å². The molecule has 0 spiro atoms. The zero-order chi connectivity index (χ0) is 17.5. The van der Waals surface area contributed by atoms with Crippen molar-refractivity contribution in [3.63, 3.8) is 0 Å². The quantitative estimate of drug-likeness (QED) is 0.813. The number of hydrogen-bond acceptors (Lipinski definition) is 3. The first-order chi connectivity index (χ1) is 11.5. The Morgan fingerprint density at radius 3 is 2.75 bits per heavy atom. The maximum absolute atomic E-state index is 13.0. The standard InChI is InChI=1S/C18H25FN2O3/c1-13(9-11-24-2)20-18(23)21-10-3-4-15(12-21)17(22)14-5-7-16(19)8-6-14/h5-8,13,15H,3-4,9-12H2,1-2H3,(H,20,23)/t13-,15-/m0/s1. The number of Topliss-reactive ketones (excluding diaryl/α,β-unsaturated/α-hetero) is 1. The fourth-order valence-electron chi connectivity index (χ4n) is 2.89. The van der Waals surface area contributed by atoms with Crippen molar-refractivity contribution < 1.29 is 18.7 Å². The van der Waals surface area contributed by atoms with Crippen LogP contribution in [0.2, 0.25) is 0 Å². The van der Waals surface area contributed by atoms with Crippen LogP contribution in [0.4, 0.5) is 9.18 Å². The molecule has 1 N–H and O–H groups in total. The summed E-state index contributed by atoms with van der Waals surface area (Å²) >= 11 is 0. The molecule has 24 heavy (non-hydrogen) atoms. The van der Waals surface area contributed by atoms with Gasteiger partial charge in [0.25, 0.3) is 0 Å². The van der Waals surface area contributed by atoms with Crippen molar-refractivity contribution >= 4 is 11.8 Å². The number of carbonyl (C=O) groups excluding carboxylic acids is 2. The maximum Gasteiger partial charge on any atom is 0.317 e. The minimum Gasteiger partial charge on any atom is -0.385 e. The molecule has 0 aliphatic carbocycles. The minimum atomic E-state index is -0.360. The number of piperidine rings is 1. The number of ether oxygens (including phenoxy) is 1. The van der Waals surface area contributed by atoms with E-state index in [4.69, 9.17) is 4.74 Å². The van der Waals surface area contributed by atoms with Crippen molar-refractivity contribution in [2.75, 3.05) is 26.8 Å². The number of methoxy groups -OCH3 is 1. The number of nitrogens with zero attached hydrogens (tertiary/aromatic N) is 1. The number of ketones is 1. The van der Waals surface area contributed by atoms with E-state index in [0.29, 0.717) is 25.3 Å². The van der Waals surface area contributed by atoms with Gasteiger partial charge >= 0.3 is 6.03 Å². The molecule has 0 saturated carbocycles. The van der Waals surface area contributed by atoms with E-state index in [9.17, 15) is 14.0 Å². The summed E-state index contributed by atoms with van der Waals surface area (Å²) in [7, 11) is 1.63. The van der Waals surface area contributed by atoms with Gasteiger partial charge in [-0.3, -0.25) is 4.79 Å². The first-order valence-corrected chi connectivity index (χ1v) is 8.35. The van der Waals surface area contributed by atoms with E-state index in [-0.39, 0.29) is 29.6 Å². The average molecular weight is 336 g/mol. The van der Waals surface area contributed by atoms with Crippen LogP contribution in [0.25, 0.3) is 0 Å². The van der Waals surface area contributed by atoms with E-state index in [1.54, 1.807) is 12.0 Å². The SMILES string of the molecule is COCC[C@H](C)NC(=O)N1CCC[C@H](C(=O)c2ccc(F)cc2)C1. The number of likely N-dealkylation sites (tertiary alicyclic amines) is 1. The van der Waals surface area contributed by atoms with Crippen LogP contribution in [0, 0.1) is 11.7 Å². The van der Waals surface area contributed by atoms with Crippen molar-refractivity contribution in [3.8, 4) is 0 Å². The lowest BCUT2D eigenvalue weighted by molar-refractivity contribution is 0.0844. The zero-order valence-corrected chi connectivity index (χ0v) is 14.3.